The van der Waals surface area contributed by atoms with Gasteiger partial charge in [0.25, 0.3) is 0 Å². The smallest absolute Gasteiger partial charge is 0.0735 e. The first kappa shape index (κ1) is 37.6. The van der Waals surface area contributed by atoms with Gasteiger partial charge in [0.1, 0.15) is 0 Å². The molecular formula is C60H43NS. The second kappa shape index (κ2) is 15.6. The molecule has 1 heterocycles. The summed E-state index contributed by atoms with van der Waals surface area (Å²) in [6.07, 6.45) is 6.69. The average molecular weight is 810 g/mol. The standard InChI is InChI=1S/C60H43NS/c1-3-42(31-30-41(2)61(47-36-32-45(33-37-47)43-18-6-4-7-19-43)48-38-34-46(35-39-48)44-20-8-5-9-21-44)53-40-57-59(52-25-11-10-22-49(52)53)62-58-29-17-16-28-56(58)60(57)54-26-14-12-23-50(54)51-24-13-15-27-55(51)60/h3-40H,2H2,1H3/b31-30-,42-3+. The Bertz CT molecular complexity index is 3080. The van der Waals surface area contributed by atoms with Gasteiger partial charge in [-0.15, -0.1) is 0 Å². The fourth-order valence-corrected chi connectivity index (χ4v) is 11.2. The van der Waals surface area contributed by atoms with Crippen LogP contribution in [0, 0.1) is 0 Å². The second-order valence-electron chi connectivity index (χ2n) is 16.0. The van der Waals surface area contributed by atoms with Crippen molar-refractivity contribution in [2.24, 2.45) is 0 Å². The van der Waals surface area contributed by atoms with Gasteiger partial charge in [-0.1, -0.05) is 206 Å². The summed E-state index contributed by atoms with van der Waals surface area (Å²) in [4.78, 5) is 4.88. The van der Waals surface area contributed by atoms with Crippen LogP contribution in [0.25, 0.3) is 49.7 Å². The predicted octanol–water partition coefficient (Wildman–Crippen LogP) is 16.3. The zero-order valence-corrected chi connectivity index (χ0v) is 35.3. The van der Waals surface area contributed by atoms with Crippen LogP contribution < -0.4 is 4.90 Å². The first-order valence-electron chi connectivity index (χ1n) is 21.3. The van der Waals surface area contributed by atoms with E-state index < -0.39 is 5.41 Å². The summed E-state index contributed by atoms with van der Waals surface area (Å²) in [5, 5.41) is 2.51. The lowest BCUT2D eigenvalue weighted by molar-refractivity contribution is 0.725. The van der Waals surface area contributed by atoms with E-state index >= 15 is 0 Å². The Morgan fingerprint density at radius 3 is 1.50 bits per heavy atom. The van der Waals surface area contributed by atoms with Gasteiger partial charge in [-0.2, -0.15) is 0 Å². The van der Waals surface area contributed by atoms with Crippen LogP contribution in [0.5, 0.6) is 0 Å². The summed E-state index contributed by atoms with van der Waals surface area (Å²) < 4.78 is 0. The molecule has 2 aliphatic rings. The van der Waals surface area contributed by atoms with E-state index in [1.54, 1.807) is 0 Å². The van der Waals surface area contributed by atoms with Gasteiger partial charge in [0.2, 0.25) is 0 Å². The molecule has 0 bridgehead atoms. The molecule has 0 atom stereocenters. The Morgan fingerprint density at radius 1 is 0.468 bits per heavy atom. The topological polar surface area (TPSA) is 3.24 Å². The first-order chi connectivity index (χ1) is 30.6. The van der Waals surface area contributed by atoms with E-state index in [1.807, 2.05) is 11.8 Å². The largest absolute Gasteiger partial charge is 0.311 e. The number of benzene rings is 9. The van der Waals surface area contributed by atoms with Crippen LogP contribution in [0.1, 0.15) is 34.7 Å². The van der Waals surface area contributed by atoms with Crippen molar-refractivity contribution in [1.82, 2.24) is 0 Å². The highest BCUT2D eigenvalue weighted by Gasteiger charge is 2.50. The highest BCUT2D eigenvalue weighted by atomic mass is 32.2. The van der Waals surface area contributed by atoms with Crippen molar-refractivity contribution >= 4 is 39.5 Å². The molecule has 62 heavy (non-hydrogen) atoms. The van der Waals surface area contributed by atoms with Crippen molar-refractivity contribution in [3.05, 3.63) is 271 Å². The van der Waals surface area contributed by atoms with Crippen molar-refractivity contribution in [2.75, 3.05) is 4.90 Å². The molecule has 0 saturated heterocycles. The fourth-order valence-electron chi connectivity index (χ4n) is 9.86. The summed E-state index contributed by atoms with van der Waals surface area (Å²) in [7, 11) is 0. The lowest BCUT2D eigenvalue weighted by Gasteiger charge is -2.40. The van der Waals surface area contributed by atoms with E-state index in [-0.39, 0.29) is 0 Å². The quantitative estimate of drug-likeness (QED) is 0.141. The monoisotopic (exact) mass is 809 g/mol. The molecule has 2 heteroatoms. The first-order valence-corrected chi connectivity index (χ1v) is 22.1. The molecular weight excluding hydrogens is 767 g/mol. The lowest BCUT2D eigenvalue weighted by Crippen LogP contribution is -2.32. The van der Waals surface area contributed by atoms with Crippen LogP contribution in [0.2, 0.25) is 0 Å². The highest BCUT2D eigenvalue weighted by Crippen LogP contribution is 2.63. The van der Waals surface area contributed by atoms with E-state index in [0.717, 1.165) is 22.6 Å². The molecule has 1 aliphatic carbocycles. The third-order valence-electron chi connectivity index (χ3n) is 12.7. The van der Waals surface area contributed by atoms with Crippen LogP contribution in [0.4, 0.5) is 11.4 Å². The number of nitrogens with zero attached hydrogens (tertiary/aromatic N) is 1. The summed E-state index contributed by atoms with van der Waals surface area (Å²) in [6, 6.07) is 77.3. The highest BCUT2D eigenvalue weighted by molar-refractivity contribution is 7.99. The molecule has 1 nitrogen and oxygen atoms in total. The van der Waals surface area contributed by atoms with Gasteiger partial charge in [-0.25, -0.2) is 0 Å². The normalized spacial score (nSPS) is 13.4. The molecule has 0 saturated carbocycles. The maximum Gasteiger partial charge on any atom is 0.0735 e. The third kappa shape index (κ3) is 6.10. The van der Waals surface area contributed by atoms with E-state index in [4.69, 9.17) is 6.58 Å². The molecule has 0 aromatic heterocycles. The van der Waals surface area contributed by atoms with Crippen LogP contribution in [-0.2, 0) is 5.41 Å². The summed E-state index contributed by atoms with van der Waals surface area (Å²) >= 11 is 1.91. The van der Waals surface area contributed by atoms with Crippen molar-refractivity contribution in [1.29, 1.82) is 0 Å². The van der Waals surface area contributed by atoms with Crippen molar-refractivity contribution in [3.63, 3.8) is 0 Å². The van der Waals surface area contributed by atoms with Gasteiger partial charge in [0, 0.05) is 26.9 Å². The maximum absolute atomic E-state index is 4.74. The van der Waals surface area contributed by atoms with E-state index in [9.17, 15) is 0 Å². The molecule has 9 aromatic carbocycles. The minimum atomic E-state index is -0.468. The molecule has 0 N–H and O–H groups in total. The van der Waals surface area contributed by atoms with Crippen LogP contribution in [0.3, 0.4) is 0 Å². The molecule has 1 spiro atoms. The minimum absolute atomic E-state index is 0.468. The lowest BCUT2D eigenvalue weighted by atomic mass is 9.66. The Morgan fingerprint density at radius 2 is 0.935 bits per heavy atom. The van der Waals surface area contributed by atoms with E-state index in [1.165, 1.54) is 81.8 Å². The Balaban J connectivity index is 1.04. The number of rotatable bonds is 8. The fraction of sp³-hybridized carbons (Fsp3) is 0.0333. The van der Waals surface area contributed by atoms with Gasteiger partial charge < -0.3 is 4.90 Å². The number of hydrogen-bond donors (Lipinski definition) is 0. The minimum Gasteiger partial charge on any atom is -0.311 e. The molecule has 1 aliphatic heterocycles. The molecule has 294 valence electrons. The van der Waals surface area contributed by atoms with Gasteiger partial charge >= 0.3 is 0 Å². The van der Waals surface area contributed by atoms with Crippen molar-refractivity contribution < 1.29 is 0 Å². The maximum atomic E-state index is 4.74. The van der Waals surface area contributed by atoms with Crippen molar-refractivity contribution in [2.45, 2.75) is 22.1 Å². The second-order valence-corrected chi connectivity index (χ2v) is 17.1. The molecule has 9 aromatic rings. The third-order valence-corrected chi connectivity index (χ3v) is 13.9. The Kier molecular flexibility index (Phi) is 9.44. The zero-order valence-electron chi connectivity index (χ0n) is 34.5. The van der Waals surface area contributed by atoms with Gasteiger partial charge in [0.05, 0.1) is 5.41 Å². The van der Waals surface area contributed by atoms with E-state index in [2.05, 4.69) is 242 Å². The SMILES string of the molecule is C=C(/C=C\C(=C/C)c1cc2c(c3ccccc13)Sc1ccccc1C21c2ccccc2-c2ccccc21)N(c1ccc(-c2ccccc2)cc1)c1ccc(-c2ccccc2)cc1. The van der Waals surface area contributed by atoms with Crippen LogP contribution in [0.15, 0.2) is 253 Å². The van der Waals surface area contributed by atoms with Crippen LogP contribution >= 0.6 is 11.8 Å². The van der Waals surface area contributed by atoms with E-state index in [0.29, 0.717) is 0 Å². The number of hydrogen-bond acceptors (Lipinski definition) is 2. The Hall–Kier alpha value is -7.39. The van der Waals surface area contributed by atoms with Crippen LogP contribution in [-0.4, -0.2) is 0 Å². The Labute approximate surface area is 368 Å². The van der Waals surface area contributed by atoms with Gasteiger partial charge in [-0.05, 0) is 127 Å². The number of allylic oxidation sites excluding steroid dienone is 4. The summed E-state index contributed by atoms with van der Waals surface area (Å²) in [6.45, 7) is 6.89. The summed E-state index contributed by atoms with van der Waals surface area (Å²) in [5.74, 6) is 0. The average Bonchev–Trinajstić information content (AvgIpc) is 3.63. The molecule has 0 fully saturated rings. The summed E-state index contributed by atoms with van der Waals surface area (Å²) in [5.41, 5.74) is 17.6. The zero-order chi connectivity index (χ0) is 41.6. The van der Waals surface area contributed by atoms with Crippen molar-refractivity contribution in [3.8, 4) is 33.4 Å². The predicted molar refractivity (Wildman–Crippen MR) is 263 cm³/mol. The van der Waals surface area contributed by atoms with Gasteiger partial charge in [0.15, 0.2) is 0 Å². The van der Waals surface area contributed by atoms with Gasteiger partial charge in [-0.3, -0.25) is 0 Å². The number of fused-ring (bicyclic) bond motifs is 11. The molecule has 0 amide bonds. The molecule has 0 radical (unpaired) electrons. The number of anilines is 2. The molecule has 11 rings (SSSR count). The molecule has 0 unspecified atom stereocenters.